The van der Waals surface area contributed by atoms with E-state index in [4.69, 9.17) is 4.74 Å². The summed E-state index contributed by atoms with van der Waals surface area (Å²) in [6, 6.07) is 0.213. The molecule has 2 aliphatic rings. The number of nitrogens with zero attached hydrogens (tertiary/aromatic N) is 1. The highest BCUT2D eigenvalue weighted by Gasteiger charge is 2.18. The van der Waals surface area contributed by atoms with E-state index in [1.54, 1.807) is 6.34 Å². The molecule has 1 fully saturated rings. The van der Waals surface area contributed by atoms with Crippen LogP contribution in [0.3, 0.4) is 0 Å². The van der Waals surface area contributed by atoms with Crippen LogP contribution < -0.4 is 10.6 Å². The van der Waals surface area contributed by atoms with Gasteiger partial charge in [0.2, 0.25) is 0 Å². The first-order valence-corrected chi connectivity index (χ1v) is 7.51. The van der Waals surface area contributed by atoms with E-state index < -0.39 is 0 Å². The van der Waals surface area contributed by atoms with Gasteiger partial charge < -0.3 is 15.4 Å². The van der Waals surface area contributed by atoms with Crippen molar-refractivity contribution in [2.24, 2.45) is 4.99 Å². The lowest BCUT2D eigenvalue weighted by molar-refractivity contribution is -0.118. The number of carbonyl (C=O) groups excluding carboxylic acids is 1. The number of terminal acetylenes is 1. The molecule has 1 amide bonds. The van der Waals surface area contributed by atoms with E-state index in [0.29, 0.717) is 6.54 Å². The average molecular weight is 303 g/mol. The molecule has 2 N–H and O–H groups in total. The lowest BCUT2D eigenvalue weighted by Gasteiger charge is -2.17. The Morgan fingerprint density at radius 3 is 2.82 bits per heavy atom. The minimum atomic E-state index is -0.00176. The van der Waals surface area contributed by atoms with E-state index in [-0.39, 0.29) is 11.9 Å². The van der Waals surface area contributed by atoms with Gasteiger partial charge in [-0.2, -0.15) is 0 Å². The van der Waals surface area contributed by atoms with Gasteiger partial charge in [0, 0.05) is 30.5 Å². The van der Waals surface area contributed by atoms with Gasteiger partial charge >= 0.3 is 0 Å². The molecule has 5 nitrogen and oxygen atoms in total. The maximum Gasteiger partial charge on any atom is 0.251 e. The van der Waals surface area contributed by atoms with Gasteiger partial charge in [-0.3, -0.25) is 9.79 Å². The highest BCUT2D eigenvalue weighted by atomic mass is 16.5. The Bertz CT molecular complexity index is 467. The van der Waals surface area contributed by atoms with Crippen LogP contribution in [0.4, 0.5) is 0 Å². The summed E-state index contributed by atoms with van der Waals surface area (Å²) in [6.45, 7) is 6.05. The molecule has 0 bridgehead atoms. The summed E-state index contributed by atoms with van der Waals surface area (Å²) >= 11 is 0. The maximum atomic E-state index is 12.4. The number of allylic oxidation sites excluding steroid dienone is 1. The zero-order valence-electron chi connectivity index (χ0n) is 13.4. The minimum absolute atomic E-state index is 0.00176. The van der Waals surface area contributed by atoms with E-state index in [9.17, 15) is 4.79 Å². The molecule has 1 unspecified atom stereocenters. The van der Waals surface area contributed by atoms with Crippen molar-refractivity contribution in [2.75, 3.05) is 19.8 Å². The van der Waals surface area contributed by atoms with Crippen molar-refractivity contribution in [2.45, 2.75) is 39.2 Å². The third kappa shape index (κ3) is 5.74. The Labute approximate surface area is 132 Å². The van der Waals surface area contributed by atoms with E-state index in [0.717, 1.165) is 49.3 Å². The minimum Gasteiger partial charge on any atom is -0.381 e. The van der Waals surface area contributed by atoms with E-state index in [2.05, 4.69) is 28.5 Å². The number of carbonyl (C=O) groups is 1. The highest BCUT2D eigenvalue weighted by molar-refractivity contribution is 5.97. The average Bonchev–Trinajstić information content (AvgIpc) is 2.90. The number of ether oxygens (including phenoxy) is 1. The van der Waals surface area contributed by atoms with Crippen molar-refractivity contribution >= 4 is 12.2 Å². The van der Waals surface area contributed by atoms with E-state index in [1.165, 1.54) is 0 Å². The molecule has 5 heteroatoms. The highest BCUT2D eigenvalue weighted by Crippen LogP contribution is 2.13. The van der Waals surface area contributed by atoms with Crippen LogP contribution in [-0.4, -0.2) is 38.0 Å². The number of nitrogens with one attached hydrogen (secondary N) is 2. The summed E-state index contributed by atoms with van der Waals surface area (Å²) in [6.07, 6.45) is 14.4. The monoisotopic (exact) mass is 303 g/mol. The van der Waals surface area contributed by atoms with Crippen LogP contribution in [0.1, 0.15) is 33.1 Å². The molecule has 0 saturated carbocycles. The van der Waals surface area contributed by atoms with Crippen LogP contribution in [0.15, 0.2) is 27.9 Å². The molecule has 0 aromatic rings. The molecule has 0 radical (unpaired) electrons. The molecule has 1 saturated heterocycles. The SMILES string of the molecule is C#C.CC(C)=C(/C=C1\CN=CN1)C(=O)NC1CCCOCC1. The molecule has 0 aliphatic carbocycles. The van der Waals surface area contributed by atoms with Gasteiger partial charge in [0.15, 0.2) is 0 Å². The predicted octanol–water partition coefficient (Wildman–Crippen LogP) is 1.77. The fourth-order valence-corrected chi connectivity index (χ4v) is 2.33. The second kappa shape index (κ2) is 9.80. The topological polar surface area (TPSA) is 62.7 Å². The second-order valence-corrected chi connectivity index (χ2v) is 5.41. The lowest BCUT2D eigenvalue weighted by Crippen LogP contribution is -2.36. The third-order valence-electron chi connectivity index (χ3n) is 3.49. The summed E-state index contributed by atoms with van der Waals surface area (Å²) in [5, 5.41) is 6.17. The summed E-state index contributed by atoms with van der Waals surface area (Å²) in [4.78, 5) is 16.5. The first kappa shape index (κ1) is 18.0. The van der Waals surface area contributed by atoms with E-state index >= 15 is 0 Å². The smallest absolute Gasteiger partial charge is 0.251 e. The van der Waals surface area contributed by atoms with E-state index in [1.807, 2.05) is 19.9 Å². The number of amides is 1. The predicted molar refractivity (Wildman–Crippen MR) is 89.4 cm³/mol. The van der Waals surface area contributed by atoms with Crippen LogP contribution in [0, 0.1) is 12.8 Å². The maximum absolute atomic E-state index is 12.4. The fourth-order valence-electron chi connectivity index (χ4n) is 2.33. The summed E-state index contributed by atoms with van der Waals surface area (Å²) < 4.78 is 5.42. The van der Waals surface area contributed by atoms with Gasteiger partial charge in [0.1, 0.15) is 0 Å². The van der Waals surface area contributed by atoms with Crippen molar-refractivity contribution < 1.29 is 9.53 Å². The van der Waals surface area contributed by atoms with Crippen LogP contribution in [0.25, 0.3) is 0 Å². The zero-order chi connectivity index (χ0) is 16.4. The molecular formula is C17H25N3O2. The number of rotatable bonds is 3. The number of hydrogen-bond acceptors (Lipinski definition) is 4. The Balaban J connectivity index is 0.00000116. The largest absolute Gasteiger partial charge is 0.381 e. The summed E-state index contributed by atoms with van der Waals surface area (Å²) in [7, 11) is 0. The summed E-state index contributed by atoms with van der Waals surface area (Å²) in [5.41, 5.74) is 2.69. The van der Waals surface area contributed by atoms with Gasteiger partial charge in [-0.25, -0.2) is 0 Å². The quantitative estimate of drug-likeness (QED) is 0.617. The fraction of sp³-hybridized carbons (Fsp3) is 0.529. The van der Waals surface area contributed by atoms with Crippen molar-refractivity contribution in [1.82, 2.24) is 10.6 Å². The van der Waals surface area contributed by atoms with Gasteiger partial charge in [0.05, 0.1) is 12.9 Å². The van der Waals surface area contributed by atoms with Crippen molar-refractivity contribution in [1.29, 1.82) is 0 Å². The van der Waals surface area contributed by atoms with Crippen molar-refractivity contribution in [3.63, 3.8) is 0 Å². The molecular weight excluding hydrogens is 278 g/mol. The standard InChI is InChI=1S/C15H23N3O2.C2H2/c1-11(2)14(8-13-9-16-10-17-13)15(19)18-12-4-3-6-20-7-5-12;1-2/h8,10,12H,3-7,9H2,1-2H3,(H,16,17)(H,18,19);1-2H/b13-8+;. The molecule has 0 spiro atoms. The molecule has 1 atom stereocenters. The molecule has 0 aromatic heterocycles. The third-order valence-corrected chi connectivity index (χ3v) is 3.49. The molecule has 2 aliphatic heterocycles. The number of aliphatic imine (C=N–C) groups is 1. The van der Waals surface area contributed by atoms with Crippen LogP contribution in [0.2, 0.25) is 0 Å². The van der Waals surface area contributed by atoms with Crippen molar-refractivity contribution in [3.05, 3.63) is 22.9 Å². The van der Waals surface area contributed by atoms with Gasteiger partial charge in [-0.1, -0.05) is 5.57 Å². The zero-order valence-corrected chi connectivity index (χ0v) is 13.4. The van der Waals surface area contributed by atoms with Crippen LogP contribution in [0.5, 0.6) is 0 Å². The first-order valence-electron chi connectivity index (χ1n) is 7.51. The Kier molecular flexibility index (Phi) is 8.01. The van der Waals surface area contributed by atoms with Gasteiger partial charge in [-0.15, -0.1) is 12.8 Å². The lowest BCUT2D eigenvalue weighted by atomic mass is 10.1. The van der Waals surface area contributed by atoms with Crippen LogP contribution >= 0.6 is 0 Å². The first-order chi connectivity index (χ1) is 10.7. The molecule has 120 valence electrons. The molecule has 2 heterocycles. The normalized spacial score (nSPS) is 22.0. The second-order valence-electron chi connectivity index (χ2n) is 5.41. The number of hydrogen-bond donors (Lipinski definition) is 2. The Hall–Kier alpha value is -2.06. The van der Waals surface area contributed by atoms with Crippen LogP contribution in [-0.2, 0) is 9.53 Å². The summed E-state index contributed by atoms with van der Waals surface area (Å²) in [5.74, 6) is -0.00176. The molecule has 0 aromatic carbocycles. The molecule has 22 heavy (non-hydrogen) atoms. The Morgan fingerprint density at radius 2 is 2.18 bits per heavy atom. The van der Waals surface area contributed by atoms with Gasteiger partial charge in [-0.05, 0) is 39.2 Å². The van der Waals surface area contributed by atoms with Crippen molar-refractivity contribution in [3.8, 4) is 12.8 Å². The molecule has 2 rings (SSSR count). The Morgan fingerprint density at radius 1 is 1.41 bits per heavy atom. The van der Waals surface area contributed by atoms with Gasteiger partial charge in [0.25, 0.3) is 5.91 Å².